The van der Waals surface area contributed by atoms with Crippen LogP contribution >= 0.6 is 0 Å². The van der Waals surface area contributed by atoms with E-state index in [0.717, 1.165) is 85.4 Å². The summed E-state index contributed by atoms with van der Waals surface area (Å²) in [6.07, 6.45) is 8.57. The largest absolute Gasteiger partial charge is 0.457 e. The number of hydrogen-bond donors (Lipinski definition) is 0. The first-order chi connectivity index (χ1) is 19.7. The monoisotopic (exact) mass is 557 g/mol. The number of ether oxygens (including phenoxy) is 1. The highest BCUT2D eigenvalue weighted by Gasteiger charge is 2.22. The van der Waals surface area contributed by atoms with Gasteiger partial charge in [0.05, 0.1) is 29.5 Å². The van der Waals surface area contributed by atoms with E-state index in [9.17, 15) is 4.79 Å². The van der Waals surface area contributed by atoms with Crippen molar-refractivity contribution in [3.8, 4) is 16.9 Å². The van der Waals surface area contributed by atoms with Crippen molar-refractivity contribution in [1.82, 2.24) is 29.9 Å². The number of hydrogen-bond acceptors (Lipinski definition) is 9. The first-order valence-corrected chi connectivity index (χ1v) is 14.1. The average Bonchev–Trinajstić information content (AvgIpc) is 3.66. The van der Waals surface area contributed by atoms with E-state index in [1.165, 1.54) is 0 Å². The standard InChI is InChI=1S/C31H39N7O3/c1-22-27(15-23(18-33-22)16-28(39)29-7-8-30(41-29)31(2,3)4)38-21-26(34-35-38)24-17-25(20-32-19-24)37-12-10-36(11-13-37)9-6-14-40-5/h7-8,15,17-21H,6,9-14,16H2,1-5H3. The van der Waals surface area contributed by atoms with E-state index < -0.39 is 0 Å². The zero-order valence-corrected chi connectivity index (χ0v) is 24.6. The van der Waals surface area contributed by atoms with Gasteiger partial charge in [-0.1, -0.05) is 26.0 Å². The third kappa shape index (κ3) is 6.89. The highest BCUT2D eigenvalue weighted by atomic mass is 16.5. The van der Waals surface area contributed by atoms with E-state index in [1.807, 2.05) is 37.6 Å². The van der Waals surface area contributed by atoms with Crippen molar-refractivity contribution >= 4 is 11.5 Å². The second kappa shape index (κ2) is 12.3. The van der Waals surface area contributed by atoms with Crippen LogP contribution in [0.1, 0.15) is 54.8 Å². The number of furan rings is 1. The van der Waals surface area contributed by atoms with Gasteiger partial charge in [0.25, 0.3) is 0 Å². The normalized spacial score (nSPS) is 14.5. The molecule has 1 aliphatic heterocycles. The molecule has 0 bridgehead atoms. The number of pyridine rings is 2. The first kappa shape index (κ1) is 28.6. The van der Waals surface area contributed by atoms with Gasteiger partial charge in [0.15, 0.2) is 5.76 Å². The quantitative estimate of drug-likeness (QED) is 0.206. The molecule has 1 fully saturated rings. The molecule has 216 valence electrons. The number of aromatic nitrogens is 5. The summed E-state index contributed by atoms with van der Waals surface area (Å²) >= 11 is 0. The number of Topliss-reactive ketones (excluding diaryl/α,β-unsaturated/α-hetero) is 1. The van der Waals surface area contributed by atoms with Gasteiger partial charge in [-0.15, -0.1) is 5.10 Å². The fourth-order valence-electron chi connectivity index (χ4n) is 4.97. The lowest BCUT2D eigenvalue weighted by Crippen LogP contribution is -2.46. The Morgan fingerprint density at radius 3 is 2.61 bits per heavy atom. The van der Waals surface area contributed by atoms with Crippen molar-refractivity contribution in [2.75, 3.05) is 51.3 Å². The highest BCUT2D eigenvalue weighted by molar-refractivity contribution is 5.95. The number of ketones is 1. The third-order valence-corrected chi connectivity index (χ3v) is 7.42. The Hall–Kier alpha value is -3.89. The van der Waals surface area contributed by atoms with E-state index in [1.54, 1.807) is 24.1 Å². The van der Waals surface area contributed by atoms with Crippen LogP contribution in [0.15, 0.2) is 53.5 Å². The summed E-state index contributed by atoms with van der Waals surface area (Å²) in [6, 6.07) is 7.68. The second-order valence-corrected chi connectivity index (χ2v) is 11.6. The molecule has 10 heteroatoms. The van der Waals surface area contributed by atoms with Crippen molar-refractivity contribution in [3.05, 3.63) is 71.8 Å². The lowest BCUT2D eigenvalue weighted by molar-refractivity contribution is 0.0963. The molecule has 0 atom stereocenters. The summed E-state index contributed by atoms with van der Waals surface area (Å²) in [5.41, 5.74) is 4.91. The molecule has 5 rings (SSSR count). The number of aryl methyl sites for hydroxylation is 1. The van der Waals surface area contributed by atoms with Crippen molar-refractivity contribution in [2.24, 2.45) is 0 Å². The van der Waals surface area contributed by atoms with Gasteiger partial charge < -0.3 is 14.1 Å². The summed E-state index contributed by atoms with van der Waals surface area (Å²) < 4.78 is 12.7. The molecule has 0 aromatic carbocycles. The minimum absolute atomic E-state index is 0.0879. The number of piperazine rings is 1. The Morgan fingerprint density at radius 2 is 1.88 bits per heavy atom. The Balaban J connectivity index is 1.27. The molecule has 1 saturated heterocycles. The number of rotatable bonds is 10. The van der Waals surface area contributed by atoms with Crippen molar-refractivity contribution in [1.29, 1.82) is 0 Å². The SMILES string of the molecule is COCCCN1CCN(c2cncc(-c3cn(-c4cc(CC(=O)c5ccc(C(C)(C)C)o5)cnc4C)nn3)c2)CC1. The summed E-state index contributed by atoms with van der Waals surface area (Å²) in [5.74, 6) is 1.06. The van der Waals surface area contributed by atoms with Gasteiger partial charge in [-0.2, -0.15) is 0 Å². The van der Waals surface area contributed by atoms with Crippen LogP contribution in [-0.2, 0) is 16.6 Å². The molecule has 0 radical (unpaired) electrons. The Labute approximate surface area is 241 Å². The maximum Gasteiger partial charge on any atom is 0.202 e. The predicted molar refractivity (Wildman–Crippen MR) is 158 cm³/mol. The minimum atomic E-state index is -0.157. The van der Waals surface area contributed by atoms with E-state index in [-0.39, 0.29) is 17.6 Å². The summed E-state index contributed by atoms with van der Waals surface area (Å²) in [5, 5.41) is 8.82. The predicted octanol–water partition coefficient (Wildman–Crippen LogP) is 4.51. The van der Waals surface area contributed by atoms with E-state index >= 15 is 0 Å². The molecular formula is C31H39N7O3. The molecule has 0 unspecified atom stereocenters. The van der Waals surface area contributed by atoms with E-state index in [2.05, 4.69) is 56.9 Å². The maximum absolute atomic E-state index is 12.9. The highest BCUT2D eigenvalue weighted by Crippen LogP contribution is 2.26. The molecule has 10 nitrogen and oxygen atoms in total. The van der Waals surface area contributed by atoms with E-state index in [0.29, 0.717) is 5.76 Å². The number of methoxy groups -OCH3 is 1. The minimum Gasteiger partial charge on any atom is -0.457 e. The van der Waals surface area contributed by atoms with Crippen LogP contribution in [0.4, 0.5) is 5.69 Å². The molecule has 41 heavy (non-hydrogen) atoms. The van der Waals surface area contributed by atoms with Crippen LogP contribution in [0.2, 0.25) is 0 Å². The van der Waals surface area contributed by atoms with Crippen LogP contribution in [0.3, 0.4) is 0 Å². The van der Waals surface area contributed by atoms with Crippen molar-refractivity contribution < 1.29 is 13.9 Å². The zero-order valence-electron chi connectivity index (χ0n) is 24.6. The second-order valence-electron chi connectivity index (χ2n) is 11.6. The topological polar surface area (TPSA) is 102 Å². The molecule has 0 spiro atoms. The van der Waals surface area contributed by atoms with Crippen LogP contribution in [0.25, 0.3) is 16.9 Å². The molecule has 5 heterocycles. The molecular weight excluding hydrogens is 518 g/mol. The van der Waals surface area contributed by atoms with Crippen LogP contribution in [0.5, 0.6) is 0 Å². The molecule has 4 aromatic heterocycles. The Morgan fingerprint density at radius 1 is 1.07 bits per heavy atom. The van der Waals surface area contributed by atoms with Crippen LogP contribution < -0.4 is 4.90 Å². The smallest absolute Gasteiger partial charge is 0.202 e. The Kier molecular flexibility index (Phi) is 8.60. The maximum atomic E-state index is 12.9. The molecule has 0 N–H and O–H groups in total. The van der Waals surface area contributed by atoms with Gasteiger partial charge in [-0.3, -0.25) is 19.7 Å². The number of anilines is 1. The lowest BCUT2D eigenvalue weighted by Gasteiger charge is -2.36. The van der Waals surface area contributed by atoms with Gasteiger partial charge in [-0.05, 0) is 43.2 Å². The average molecular weight is 558 g/mol. The van der Waals surface area contributed by atoms with Gasteiger partial charge in [-0.25, -0.2) is 4.68 Å². The number of carbonyl (C=O) groups is 1. The van der Waals surface area contributed by atoms with Crippen LogP contribution in [0, 0.1) is 6.92 Å². The molecule has 1 aliphatic rings. The summed E-state index contributed by atoms with van der Waals surface area (Å²) in [6.45, 7) is 13.9. The van der Waals surface area contributed by atoms with Gasteiger partial charge >= 0.3 is 0 Å². The molecule has 0 aliphatic carbocycles. The van der Waals surface area contributed by atoms with Crippen molar-refractivity contribution in [3.63, 3.8) is 0 Å². The van der Waals surface area contributed by atoms with Gasteiger partial charge in [0.2, 0.25) is 5.78 Å². The number of carbonyl (C=O) groups excluding carboxylic acids is 1. The summed E-state index contributed by atoms with van der Waals surface area (Å²) in [7, 11) is 1.75. The Bertz CT molecular complexity index is 1480. The number of nitrogens with zero attached hydrogens (tertiary/aromatic N) is 7. The summed E-state index contributed by atoms with van der Waals surface area (Å²) in [4.78, 5) is 26.8. The zero-order chi connectivity index (χ0) is 29.0. The lowest BCUT2D eigenvalue weighted by atomic mass is 9.94. The van der Waals surface area contributed by atoms with E-state index in [4.69, 9.17) is 9.15 Å². The third-order valence-electron chi connectivity index (χ3n) is 7.42. The molecule has 0 amide bonds. The first-order valence-electron chi connectivity index (χ1n) is 14.1. The molecule has 0 saturated carbocycles. The van der Waals surface area contributed by atoms with Gasteiger partial charge in [0.1, 0.15) is 11.5 Å². The fourth-order valence-corrected chi connectivity index (χ4v) is 4.97. The van der Waals surface area contributed by atoms with Crippen molar-refractivity contribution in [2.45, 2.75) is 46.0 Å². The molecule has 4 aromatic rings. The van der Waals surface area contributed by atoms with Gasteiger partial charge in [0, 0.05) is 76.2 Å². The fraction of sp³-hybridized carbons (Fsp3) is 0.452. The van der Waals surface area contributed by atoms with Crippen LogP contribution in [-0.4, -0.2) is 82.1 Å².